The van der Waals surface area contributed by atoms with Gasteiger partial charge in [-0.25, -0.2) is 9.38 Å². The number of aliphatic hydroxyl groups is 1. The summed E-state index contributed by atoms with van der Waals surface area (Å²) in [6.07, 6.45) is 2.67. The average Bonchev–Trinajstić information content (AvgIpc) is 2.61. The van der Waals surface area contributed by atoms with E-state index in [0.717, 1.165) is 63.5 Å². The number of benzene rings is 1. The molecule has 0 spiro atoms. The van der Waals surface area contributed by atoms with Crippen LogP contribution in [0.3, 0.4) is 0 Å². The highest BCUT2D eigenvalue weighted by Gasteiger charge is 2.15. The van der Waals surface area contributed by atoms with E-state index in [1.807, 2.05) is 13.0 Å². The van der Waals surface area contributed by atoms with Crippen LogP contribution in [0.1, 0.15) is 37.3 Å². The minimum atomic E-state index is -0.183. The Balaban J connectivity index is 1.74. The first-order valence-electron chi connectivity index (χ1n) is 9.26. The zero-order chi connectivity index (χ0) is 18.1. The number of halogens is 1. The maximum atomic E-state index is 13.6. The van der Waals surface area contributed by atoms with Crippen molar-refractivity contribution in [1.29, 1.82) is 0 Å². The molecule has 1 aliphatic heterocycles. The highest BCUT2D eigenvalue weighted by atomic mass is 19.1. The molecule has 25 heavy (non-hydrogen) atoms. The molecule has 1 heterocycles. The van der Waals surface area contributed by atoms with E-state index in [0.29, 0.717) is 12.1 Å². The summed E-state index contributed by atoms with van der Waals surface area (Å²) in [6.45, 7) is 8.87. The van der Waals surface area contributed by atoms with Crippen LogP contribution in [-0.4, -0.2) is 54.8 Å². The summed E-state index contributed by atoms with van der Waals surface area (Å²) >= 11 is 0. The lowest BCUT2D eigenvalue weighted by Gasteiger charge is -2.29. The van der Waals surface area contributed by atoms with Crippen molar-refractivity contribution in [3.63, 3.8) is 0 Å². The molecule has 0 aliphatic carbocycles. The first-order valence-corrected chi connectivity index (χ1v) is 9.26. The fourth-order valence-corrected chi connectivity index (χ4v) is 2.90. The highest BCUT2D eigenvalue weighted by molar-refractivity contribution is 5.79. The lowest BCUT2D eigenvalue weighted by Crippen LogP contribution is -2.40. The van der Waals surface area contributed by atoms with E-state index in [4.69, 9.17) is 0 Å². The molecular formula is C19H31FN4O. The van der Waals surface area contributed by atoms with Gasteiger partial charge in [-0.3, -0.25) is 0 Å². The molecule has 0 atom stereocenters. The second-order valence-electron chi connectivity index (χ2n) is 6.63. The van der Waals surface area contributed by atoms with Crippen molar-refractivity contribution in [2.45, 2.75) is 45.8 Å². The predicted octanol–water partition coefficient (Wildman–Crippen LogP) is 2.04. The van der Waals surface area contributed by atoms with E-state index in [1.165, 1.54) is 0 Å². The Morgan fingerprint density at radius 3 is 2.76 bits per heavy atom. The maximum Gasteiger partial charge on any atom is 0.191 e. The monoisotopic (exact) mass is 350 g/mol. The standard InChI is InChI=1S/C19H31FN4O/c1-3-21-19(23-14-16-6-5-15(2)18(20)13-16)22-9-4-10-24-11-7-17(25)8-12-24/h5-6,13,17,25H,3-4,7-12,14H2,1-2H3,(H2,21,22,23). The van der Waals surface area contributed by atoms with Gasteiger partial charge in [0, 0.05) is 26.2 Å². The van der Waals surface area contributed by atoms with E-state index in [-0.39, 0.29) is 11.9 Å². The Labute approximate surface area is 150 Å². The molecule has 0 bridgehead atoms. The van der Waals surface area contributed by atoms with Gasteiger partial charge in [0.2, 0.25) is 0 Å². The SMILES string of the molecule is CCNC(=NCc1ccc(C)c(F)c1)NCCCN1CCC(O)CC1. The summed E-state index contributed by atoms with van der Waals surface area (Å²) in [5.41, 5.74) is 1.52. The highest BCUT2D eigenvalue weighted by Crippen LogP contribution is 2.10. The average molecular weight is 350 g/mol. The Bertz CT molecular complexity index is 556. The molecule has 2 rings (SSSR count). The van der Waals surface area contributed by atoms with Crippen molar-refractivity contribution in [3.8, 4) is 0 Å². The first kappa shape index (κ1) is 19.7. The van der Waals surface area contributed by atoms with Crippen LogP contribution in [-0.2, 0) is 6.54 Å². The largest absolute Gasteiger partial charge is 0.393 e. The lowest BCUT2D eigenvalue weighted by atomic mass is 10.1. The number of hydrogen-bond donors (Lipinski definition) is 3. The molecule has 0 amide bonds. The molecule has 0 radical (unpaired) electrons. The van der Waals surface area contributed by atoms with E-state index in [9.17, 15) is 9.50 Å². The molecule has 5 nitrogen and oxygen atoms in total. The summed E-state index contributed by atoms with van der Waals surface area (Å²) in [4.78, 5) is 6.93. The van der Waals surface area contributed by atoms with Gasteiger partial charge in [-0.1, -0.05) is 12.1 Å². The fraction of sp³-hybridized carbons (Fsp3) is 0.632. The van der Waals surface area contributed by atoms with Crippen molar-refractivity contribution in [3.05, 3.63) is 35.1 Å². The van der Waals surface area contributed by atoms with E-state index >= 15 is 0 Å². The third-order valence-corrected chi connectivity index (χ3v) is 4.50. The van der Waals surface area contributed by atoms with Gasteiger partial charge in [-0.05, 0) is 56.8 Å². The zero-order valence-electron chi connectivity index (χ0n) is 15.4. The Kier molecular flexibility index (Phi) is 8.15. The molecule has 6 heteroatoms. The molecule has 3 N–H and O–H groups in total. The minimum absolute atomic E-state index is 0.117. The number of aliphatic imine (C=N–C) groups is 1. The topological polar surface area (TPSA) is 59.9 Å². The van der Waals surface area contributed by atoms with Gasteiger partial charge in [0.1, 0.15) is 5.82 Å². The van der Waals surface area contributed by atoms with Crippen LogP contribution < -0.4 is 10.6 Å². The summed E-state index contributed by atoms with van der Waals surface area (Å²) in [5, 5.41) is 16.1. The summed E-state index contributed by atoms with van der Waals surface area (Å²) < 4.78 is 13.6. The number of piperidine rings is 1. The fourth-order valence-electron chi connectivity index (χ4n) is 2.90. The molecule has 0 aromatic heterocycles. The lowest BCUT2D eigenvalue weighted by molar-refractivity contribution is 0.0823. The van der Waals surface area contributed by atoms with Crippen LogP contribution in [0.4, 0.5) is 4.39 Å². The third-order valence-electron chi connectivity index (χ3n) is 4.50. The zero-order valence-corrected chi connectivity index (χ0v) is 15.4. The van der Waals surface area contributed by atoms with Gasteiger partial charge < -0.3 is 20.6 Å². The quantitative estimate of drug-likeness (QED) is 0.400. The molecule has 1 aliphatic rings. The van der Waals surface area contributed by atoms with Gasteiger partial charge in [0.05, 0.1) is 12.6 Å². The summed E-state index contributed by atoms with van der Waals surface area (Å²) in [6, 6.07) is 5.25. The van der Waals surface area contributed by atoms with Crippen LogP contribution in [0.25, 0.3) is 0 Å². The Morgan fingerprint density at radius 2 is 2.08 bits per heavy atom. The molecular weight excluding hydrogens is 319 g/mol. The second-order valence-corrected chi connectivity index (χ2v) is 6.63. The van der Waals surface area contributed by atoms with E-state index in [1.54, 1.807) is 19.1 Å². The van der Waals surface area contributed by atoms with Crippen LogP contribution in [0.15, 0.2) is 23.2 Å². The summed E-state index contributed by atoms with van der Waals surface area (Å²) in [7, 11) is 0. The van der Waals surface area contributed by atoms with Crippen molar-refractivity contribution < 1.29 is 9.50 Å². The van der Waals surface area contributed by atoms with Crippen molar-refractivity contribution in [2.24, 2.45) is 4.99 Å². The number of nitrogens with zero attached hydrogens (tertiary/aromatic N) is 2. The van der Waals surface area contributed by atoms with Gasteiger partial charge in [0.25, 0.3) is 0 Å². The Morgan fingerprint density at radius 1 is 1.32 bits per heavy atom. The van der Waals surface area contributed by atoms with Crippen molar-refractivity contribution in [2.75, 3.05) is 32.7 Å². The number of aryl methyl sites for hydroxylation is 1. The molecule has 1 saturated heterocycles. The van der Waals surface area contributed by atoms with Gasteiger partial charge in [-0.2, -0.15) is 0 Å². The number of likely N-dealkylation sites (tertiary alicyclic amines) is 1. The van der Waals surface area contributed by atoms with Crippen molar-refractivity contribution >= 4 is 5.96 Å². The van der Waals surface area contributed by atoms with Crippen LogP contribution in [0, 0.1) is 12.7 Å². The molecule has 0 saturated carbocycles. The van der Waals surface area contributed by atoms with Crippen LogP contribution >= 0.6 is 0 Å². The normalized spacial score (nSPS) is 16.9. The molecule has 1 aromatic carbocycles. The van der Waals surface area contributed by atoms with Gasteiger partial charge in [0.15, 0.2) is 5.96 Å². The van der Waals surface area contributed by atoms with Gasteiger partial charge in [-0.15, -0.1) is 0 Å². The number of hydrogen-bond acceptors (Lipinski definition) is 3. The smallest absolute Gasteiger partial charge is 0.191 e. The molecule has 1 aromatic rings. The van der Waals surface area contributed by atoms with E-state index in [2.05, 4.69) is 20.5 Å². The number of aliphatic hydroxyl groups excluding tert-OH is 1. The predicted molar refractivity (Wildman–Crippen MR) is 100 cm³/mol. The molecule has 0 unspecified atom stereocenters. The first-order chi connectivity index (χ1) is 12.1. The molecule has 140 valence electrons. The second kappa shape index (κ2) is 10.4. The van der Waals surface area contributed by atoms with Crippen molar-refractivity contribution in [1.82, 2.24) is 15.5 Å². The Hall–Kier alpha value is -1.66. The van der Waals surface area contributed by atoms with Crippen LogP contribution in [0.2, 0.25) is 0 Å². The minimum Gasteiger partial charge on any atom is -0.393 e. The molecule has 1 fully saturated rings. The summed E-state index contributed by atoms with van der Waals surface area (Å²) in [5.74, 6) is 0.579. The number of rotatable bonds is 7. The van der Waals surface area contributed by atoms with E-state index < -0.39 is 0 Å². The maximum absolute atomic E-state index is 13.6. The van der Waals surface area contributed by atoms with Gasteiger partial charge >= 0.3 is 0 Å². The number of guanidine groups is 1. The number of nitrogens with one attached hydrogen (secondary N) is 2. The van der Waals surface area contributed by atoms with Crippen LogP contribution in [0.5, 0.6) is 0 Å². The third kappa shape index (κ3) is 7.00.